The van der Waals surface area contributed by atoms with Crippen LogP contribution in [-0.4, -0.2) is 35.1 Å². The van der Waals surface area contributed by atoms with E-state index in [-0.39, 0.29) is 11.7 Å². The maximum absolute atomic E-state index is 13.1. The predicted octanol–water partition coefficient (Wildman–Crippen LogP) is 3.67. The number of thioether (sulfide) groups is 1. The average Bonchev–Trinajstić information content (AvgIpc) is 3.20. The zero-order chi connectivity index (χ0) is 17.9. The van der Waals surface area contributed by atoms with E-state index in [0.29, 0.717) is 10.5 Å². The van der Waals surface area contributed by atoms with E-state index in [1.807, 2.05) is 48.5 Å². The van der Waals surface area contributed by atoms with Crippen LogP contribution in [0.2, 0.25) is 0 Å². The van der Waals surface area contributed by atoms with Crippen LogP contribution in [0.3, 0.4) is 0 Å². The first kappa shape index (κ1) is 17.1. The van der Waals surface area contributed by atoms with Crippen molar-refractivity contribution in [2.24, 2.45) is 0 Å². The molecule has 1 fully saturated rings. The Balaban J connectivity index is 1.79. The minimum Gasteiger partial charge on any atom is -0.497 e. The van der Waals surface area contributed by atoms with E-state index in [2.05, 4.69) is 0 Å². The standard InChI is InChI=1S/C20H20N2O3S/c1-24-15-10-8-14(9-11-15)22-19(23)17-6-2-3-7-18(17)21-20(22)26-13-16-5-4-12-25-16/h2-3,6-11,16H,4-5,12-13H2,1H3/t16-/m1/s1. The van der Waals surface area contributed by atoms with Gasteiger partial charge < -0.3 is 9.47 Å². The lowest BCUT2D eigenvalue weighted by Gasteiger charge is -2.15. The van der Waals surface area contributed by atoms with Crippen molar-refractivity contribution in [1.82, 2.24) is 9.55 Å². The highest BCUT2D eigenvalue weighted by molar-refractivity contribution is 7.99. The number of nitrogens with zero attached hydrogens (tertiary/aromatic N) is 2. The fourth-order valence-corrected chi connectivity index (χ4v) is 4.19. The van der Waals surface area contributed by atoms with Gasteiger partial charge in [-0.05, 0) is 49.2 Å². The maximum Gasteiger partial charge on any atom is 0.266 e. The lowest BCUT2D eigenvalue weighted by molar-refractivity contribution is 0.129. The molecular formula is C20H20N2O3S. The minimum atomic E-state index is -0.0596. The van der Waals surface area contributed by atoms with Crippen LogP contribution in [0.25, 0.3) is 16.6 Å². The molecule has 26 heavy (non-hydrogen) atoms. The summed E-state index contributed by atoms with van der Waals surface area (Å²) in [7, 11) is 1.63. The summed E-state index contributed by atoms with van der Waals surface area (Å²) in [4.78, 5) is 17.9. The Kier molecular flexibility index (Phi) is 4.95. The molecule has 0 N–H and O–H groups in total. The number of hydrogen-bond acceptors (Lipinski definition) is 5. The first-order valence-electron chi connectivity index (χ1n) is 8.67. The van der Waals surface area contributed by atoms with Gasteiger partial charge in [0.2, 0.25) is 0 Å². The average molecular weight is 368 g/mol. The summed E-state index contributed by atoms with van der Waals surface area (Å²) < 4.78 is 12.6. The summed E-state index contributed by atoms with van der Waals surface area (Å²) in [5, 5.41) is 1.30. The van der Waals surface area contributed by atoms with Gasteiger partial charge in [-0.2, -0.15) is 0 Å². The largest absolute Gasteiger partial charge is 0.497 e. The van der Waals surface area contributed by atoms with Crippen molar-refractivity contribution in [3.05, 3.63) is 58.9 Å². The van der Waals surface area contributed by atoms with Gasteiger partial charge in [0, 0.05) is 12.4 Å². The van der Waals surface area contributed by atoms with E-state index >= 15 is 0 Å². The number of para-hydroxylation sites is 1. The van der Waals surface area contributed by atoms with Crippen LogP contribution in [-0.2, 0) is 4.74 Å². The van der Waals surface area contributed by atoms with Crippen LogP contribution in [0, 0.1) is 0 Å². The number of benzene rings is 2. The highest BCUT2D eigenvalue weighted by Gasteiger charge is 2.19. The van der Waals surface area contributed by atoms with Gasteiger partial charge in [0.05, 0.1) is 29.8 Å². The lowest BCUT2D eigenvalue weighted by atomic mass is 10.2. The predicted molar refractivity (Wildman–Crippen MR) is 104 cm³/mol. The van der Waals surface area contributed by atoms with Crippen LogP contribution in [0.1, 0.15) is 12.8 Å². The van der Waals surface area contributed by atoms with Crippen molar-refractivity contribution in [1.29, 1.82) is 0 Å². The number of hydrogen-bond donors (Lipinski definition) is 0. The molecule has 0 bridgehead atoms. The fraction of sp³-hybridized carbons (Fsp3) is 0.300. The van der Waals surface area contributed by atoms with Crippen LogP contribution in [0.4, 0.5) is 0 Å². The molecule has 4 rings (SSSR count). The van der Waals surface area contributed by atoms with E-state index in [1.165, 1.54) is 0 Å². The molecule has 1 aliphatic heterocycles. The zero-order valence-corrected chi connectivity index (χ0v) is 15.4. The van der Waals surface area contributed by atoms with Gasteiger partial charge in [0.1, 0.15) is 5.75 Å². The smallest absolute Gasteiger partial charge is 0.266 e. The van der Waals surface area contributed by atoms with Crippen LogP contribution >= 0.6 is 11.8 Å². The molecule has 0 unspecified atom stereocenters. The summed E-state index contributed by atoms with van der Waals surface area (Å²) in [6.07, 6.45) is 2.39. The van der Waals surface area contributed by atoms with Crippen molar-refractivity contribution < 1.29 is 9.47 Å². The van der Waals surface area contributed by atoms with E-state index < -0.39 is 0 Å². The zero-order valence-electron chi connectivity index (χ0n) is 14.6. The Morgan fingerprint density at radius 1 is 1.23 bits per heavy atom. The Bertz CT molecular complexity index is 963. The van der Waals surface area contributed by atoms with E-state index in [4.69, 9.17) is 14.5 Å². The second kappa shape index (κ2) is 7.51. The number of rotatable bonds is 5. The Morgan fingerprint density at radius 3 is 2.77 bits per heavy atom. The molecule has 1 aromatic heterocycles. The molecule has 2 aromatic carbocycles. The van der Waals surface area contributed by atoms with Gasteiger partial charge in [-0.15, -0.1) is 0 Å². The maximum atomic E-state index is 13.1. The summed E-state index contributed by atoms with van der Waals surface area (Å²) in [5.41, 5.74) is 1.44. The quantitative estimate of drug-likeness (QED) is 0.508. The molecule has 134 valence electrons. The van der Waals surface area contributed by atoms with Gasteiger partial charge in [-0.3, -0.25) is 9.36 Å². The topological polar surface area (TPSA) is 53.4 Å². The highest BCUT2D eigenvalue weighted by Crippen LogP contribution is 2.26. The molecule has 1 aliphatic rings. The van der Waals surface area contributed by atoms with Crippen molar-refractivity contribution in [2.75, 3.05) is 19.5 Å². The van der Waals surface area contributed by atoms with Gasteiger partial charge >= 0.3 is 0 Å². The SMILES string of the molecule is COc1ccc(-n2c(SC[C@H]3CCCO3)nc3ccccc3c2=O)cc1. The first-order valence-corrected chi connectivity index (χ1v) is 9.65. The third-order valence-corrected chi connectivity index (χ3v) is 5.57. The lowest BCUT2D eigenvalue weighted by Crippen LogP contribution is -2.22. The van der Waals surface area contributed by atoms with Gasteiger partial charge in [0.25, 0.3) is 5.56 Å². The molecule has 0 saturated carbocycles. The van der Waals surface area contributed by atoms with Crippen LogP contribution in [0.15, 0.2) is 58.5 Å². The monoisotopic (exact) mass is 368 g/mol. The number of fused-ring (bicyclic) bond motifs is 1. The summed E-state index contributed by atoms with van der Waals surface area (Å²) >= 11 is 1.57. The van der Waals surface area contributed by atoms with Gasteiger partial charge in [-0.25, -0.2) is 4.98 Å². The second-order valence-corrected chi connectivity index (χ2v) is 7.18. The van der Waals surface area contributed by atoms with Crippen molar-refractivity contribution in [2.45, 2.75) is 24.1 Å². The first-order chi connectivity index (χ1) is 12.8. The van der Waals surface area contributed by atoms with Crippen LogP contribution < -0.4 is 10.3 Å². The fourth-order valence-electron chi connectivity index (χ4n) is 3.11. The molecule has 0 aliphatic carbocycles. The number of methoxy groups -OCH3 is 1. The van der Waals surface area contributed by atoms with E-state index in [0.717, 1.165) is 42.2 Å². The number of aromatic nitrogens is 2. The molecule has 1 atom stereocenters. The van der Waals surface area contributed by atoms with E-state index in [1.54, 1.807) is 23.4 Å². The van der Waals surface area contributed by atoms with Crippen molar-refractivity contribution >= 4 is 22.7 Å². The molecule has 1 saturated heterocycles. The Hall–Kier alpha value is -2.31. The van der Waals surface area contributed by atoms with Gasteiger partial charge in [-0.1, -0.05) is 23.9 Å². The third kappa shape index (κ3) is 3.34. The van der Waals surface area contributed by atoms with Crippen molar-refractivity contribution in [3.8, 4) is 11.4 Å². The summed E-state index contributed by atoms with van der Waals surface area (Å²) in [5.74, 6) is 1.55. The molecule has 0 radical (unpaired) electrons. The second-order valence-electron chi connectivity index (χ2n) is 6.20. The Labute approximate surface area is 156 Å². The minimum absolute atomic E-state index is 0.0596. The van der Waals surface area contributed by atoms with Crippen LogP contribution in [0.5, 0.6) is 5.75 Å². The normalized spacial score (nSPS) is 16.9. The molecule has 5 nitrogen and oxygen atoms in total. The van der Waals surface area contributed by atoms with Crippen molar-refractivity contribution in [3.63, 3.8) is 0 Å². The highest BCUT2D eigenvalue weighted by atomic mass is 32.2. The third-order valence-electron chi connectivity index (χ3n) is 4.50. The molecule has 2 heterocycles. The van der Waals surface area contributed by atoms with E-state index in [9.17, 15) is 4.79 Å². The van der Waals surface area contributed by atoms with Gasteiger partial charge in [0.15, 0.2) is 5.16 Å². The number of ether oxygens (including phenoxy) is 2. The molecule has 0 amide bonds. The summed E-state index contributed by atoms with van der Waals surface area (Å²) in [6.45, 7) is 0.821. The summed E-state index contributed by atoms with van der Waals surface area (Å²) in [6, 6.07) is 14.9. The molecule has 3 aromatic rings. The Morgan fingerprint density at radius 2 is 2.04 bits per heavy atom. The molecule has 6 heteroatoms. The molecular weight excluding hydrogens is 348 g/mol. The molecule has 0 spiro atoms.